The molecule has 0 amide bonds. The van der Waals surface area contributed by atoms with Gasteiger partial charge in [-0.3, -0.25) is 4.79 Å². The molecule has 0 bridgehead atoms. The molecule has 3 nitrogen and oxygen atoms in total. The zero-order valence-electron chi connectivity index (χ0n) is 9.54. The zero-order valence-corrected chi connectivity index (χ0v) is 10.3. The van der Waals surface area contributed by atoms with Crippen LogP contribution < -0.4 is 0 Å². The van der Waals surface area contributed by atoms with Crippen molar-refractivity contribution in [3.63, 3.8) is 0 Å². The molecule has 0 aromatic heterocycles. The van der Waals surface area contributed by atoms with Crippen molar-refractivity contribution in [2.45, 2.75) is 33.1 Å². The number of aliphatic carboxylic acids is 1. The van der Waals surface area contributed by atoms with Gasteiger partial charge in [0.1, 0.15) is 5.75 Å². The van der Waals surface area contributed by atoms with Crippen LogP contribution in [0.25, 0.3) is 0 Å². The topological polar surface area (TPSA) is 57.5 Å². The number of phenolic OH excluding ortho intramolecular Hbond substituents is 1. The van der Waals surface area contributed by atoms with Gasteiger partial charge in [0.2, 0.25) is 0 Å². The molecule has 0 fully saturated rings. The average molecular weight is 243 g/mol. The summed E-state index contributed by atoms with van der Waals surface area (Å²) >= 11 is 5.87. The predicted molar refractivity (Wildman–Crippen MR) is 63.3 cm³/mol. The molecule has 0 aliphatic carbocycles. The minimum absolute atomic E-state index is 0.00137. The molecule has 1 aromatic carbocycles. The van der Waals surface area contributed by atoms with Crippen molar-refractivity contribution >= 4 is 17.6 Å². The van der Waals surface area contributed by atoms with E-state index in [0.29, 0.717) is 5.56 Å². The fourth-order valence-corrected chi connectivity index (χ4v) is 2.12. The molecule has 1 rings (SSSR count). The molecule has 0 saturated carbocycles. The Balaban J connectivity index is 3.26. The first kappa shape index (κ1) is 12.8. The van der Waals surface area contributed by atoms with Crippen LogP contribution in [-0.4, -0.2) is 16.2 Å². The highest BCUT2D eigenvalue weighted by Gasteiger charge is 2.19. The minimum atomic E-state index is -0.885. The van der Waals surface area contributed by atoms with Gasteiger partial charge in [-0.2, -0.15) is 0 Å². The highest BCUT2D eigenvalue weighted by molar-refractivity contribution is 6.32. The lowest BCUT2D eigenvalue weighted by Crippen LogP contribution is -2.06. The summed E-state index contributed by atoms with van der Waals surface area (Å²) in [5, 5.41) is 18.9. The van der Waals surface area contributed by atoms with Gasteiger partial charge < -0.3 is 10.2 Å². The lowest BCUT2D eigenvalue weighted by Gasteiger charge is -2.17. The molecule has 0 spiro atoms. The van der Waals surface area contributed by atoms with Gasteiger partial charge in [-0.15, -0.1) is 0 Å². The number of carboxylic acids is 1. The Hall–Kier alpha value is -1.22. The molecular weight excluding hydrogens is 228 g/mol. The molecule has 0 aliphatic heterocycles. The number of aryl methyl sites for hydroxylation is 1. The van der Waals surface area contributed by atoms with Crippen molar-refractivity contribution in [3.8, 4) is 5.75 Å². The van der Waals surface area contributed by atoms with E-state index in [0.717, 1.165) is 11.1 Å². The summed E-state index contributed by atoms with van der Waals surface area (Å²) in [5.74, 6) is -1.14. The molecule has 1 atom stereocenters. The number of phenols is 1. The second-order valence-electron chi connectivity index (χ2n) is 4.06. The Labute approximate surface area is 99.7 Å². The van der Waals surface area contributed by atoms with E-state index in [1.807, 2.05) is 13.8 Å². The molecule has 1 aromatic rings. The summed E-state index contributed by atoms with van der Waals surface area (Å²) in [6, 6.07) is 1.68. The molecule has 0 radical (unpaired) electrons. The number of hydrogen-bond acceptors (Lipinski definition) is 2. The summed E-state index contributed by atoms with van der Waals surface area (Å²) in [6.45, 7) is 5.52. The van der Waals surface area contributed by atoms with Crippen molar-refractivity contribution in [3.05, 3.63) is 27.8 Å². The van der Waals surface area contributed by atoms with Gasteiger partial charge in [0.05, 0.1) is 11.4 Å². The first-order chi connectivity index (χ1) is 7.34. The first-order valence-electron chi connectivity index (χ1n) is 5.05. The van der Waals surface area contributed by atoms with E-state index < -0.39 is 5.97 Å². The second-order valence-corrected chi connectivity index (χ2v) is 4.47. The van der Waals surface area contributed by atoms with Crippen LogP contribution in [0.4, 0.5) is 0 Å². The molecule has 0 aliphatic rings. The number of aromatic hydroxyl groups is 1. The standard InChI is InChI=1S/C12H15ClO3/c1-6-4-9(13)12(16)11(8(6)3)7(2)5-10(14)15/h4,7,16H,5H2,1-3H3,(H,14,15). The Morgan fingerprint density at radius 3 is 2.56 bits per heavy atom. The SMILES string of the molecule is Cc1cc(Cl)c(O)c(C(C)CC(=O)O)c1C. The van der Waals surface area contributed by atoms with Gasteiger partial charge in [-0.25, -0.2) is 0 Å². The summed E-state index contributed by atoms with van der Waals surface area (Å²) < 4.78 is 0. The molecule has 0 heterocycles. The van der Waals surface area contributed by atoms with Crippen molar-refractivity contribution in [1.82, 2.24) is 0 Å². The molecule has 1 unspecified atom stereocenters. The third kappa shape index (κ3) is 2.47. The third-order valence-electron chi connectivity index (χ3n) is 2.79. The monoisotopic (exact) mass is 242 g/mol. The molecule has 0 saturated heterocycles. The van der Waals surface area contributed by atoms with Gasteiger partial charge in [0.25, 0.3) is 0 Å². The quantitative estimate of drug-likeness (QED) is 0.856. The third-order valence-corrected chi connectivity index (χ3v) is 3.08. The number of carboxylic acid groups (broad SMARTS) is 1. The fourth-order valence-electron chi connectivity index (χ4n) is 1.85. The van der Waals surface area contributed by atoms with E-state index >= 15 is 0 Å². The number of benzene rings is 1. The Bertz CT molecular complexity index is 401. The average Bonchev–Trinajstić information content (AvgIpc) is 2.14. The van der Waals surface area contributed by atoms with Crippen LogP contribution >= 0.6 is 11.6 Å². The highest BCUT2D eigenvalue weighted by Crippen LogP contribution is 2.38. The van der Waals surface area contributed by atoms with Gasteiger partial charge in [-0.05, 0) is 37.0 Å². The smallest absolute Gasteiger partial charge is 0.303 e. The number of rotatable bonds is 3. The number of carbonyl (C=O) groups is 1. The van der Waals surface area contributed by atoms with Crippen LogP contribution in [0, 0.1) is 13.8 Å². The number of halogens is 1. The van der Waals surface area contributed by atoms with E-state index in [2.05, 4.69) is 0 Å². The van der Waals surface area contributed by atoms with Crippen molar-refractivity contribution in [2.24, 2.45) is 0 Å². The normalized spacial score (nSPS) is 12.5. The van der Waals surface area contributed by atoms with E-state index in [1.165, 1.54) is 0 Å². The molecule has 2 N–H and O–H groups in total. The van der Waals surface area contributed by atoms with Gasteiger partial charge in [0.15, 0.2) is 0 Å². The van der Waals surface area contributed by atoms with Crippen LogP contribution in [0.1, 0.15) is 36.0 Å². The molecule has 88 valence electrons. The lowest BCUT2D eigenvalue weighted by atomic mass is 9.90. The van der Waals surface area contributed by atoms with Crippen LogP contribution in [0.3, 0.4) is 0 Å². The second kappa shape index (κ2) is 4.74. The summed E-state index contributed by atoms with van der Waals surface area (Å²) in [7, 11) is 0. The van der Waals surface area contributed by atoms with Crippen LogP contribution in [0.2, 0.25) is 5.02 Å². The van der Waals surface area contributed by atoms with Crippen molar-refractivity contribution < 1.29 is 15.0 Å². The Kier molecular flexibility index (Phi) is 3.81. The predicted octanol–water partition coefficient (Wildman–Crippen LogP) is 3.24. The maximum Gasteiger partial charge on any atom is 0.303 e. The Morgan fingerprint density at radius 2 is 2.06 bits per heavy atom. The van der Waals surface area contributed by atoms with Crippen molar-refractivity contribution in [1.29, 1.82) is 0 Å². The first-order valence-corrected chi connectivity index (χ1v) is 5.42. The van der Waals surface area contributed by atoms with Gasteiger partial charge in [0, 0.05) is 5.56 Å². The van der Waals surface area contributed by atoms with Gasteiger partial charge >= 0.3 is 5.97 Å². The largest absolute Gasteiger partial charge is 0.506 e. The van der Waals surface area contributed by atoms with Crippen molar-refractivity contribution in [2.75, 3.05) is 0 Å². The van der Waals surface area contributed by atoms with E-state index in [4.69, 9.17) is 16.7 Å². The minimum Gasteiger partial charge on any atom is -0.506 e. The van der Waals surface area contributed by atoms with Gasteiger partial charge in [-0.1, -0.05) is 18.5 Å². The summed E-state index contributed by atoms with van der Waals surface area (Å²) in [6.07, 6.45) is -0.0197. The fraction of sp³-hybridized carbons (Fsp3) is 0.417. The number of hydrogen-bond donors (Lipinski definition) is 2. The maximum absolute atomic E-state index is 10.7. The van der Waals surface area contributed by atoms with Crippen LogP contribution in [0.15, 0.2) is 6.07 Å². The zero-order chi connectivity index (χ0) is 12.5. The summed E-state index contributed by atoms with van der Waals surface area (Å²) in [5.41, 5.74) is 2.48. The van der Waals surface area contributed by atoms with E-state index in [1.54, 1.807) is 13.0 Å². The van der Waals surface area contributed by atoms with E-state index in [9.17, 15) is 9.90 Å². The highest BCUT2D eigenvalue weighted by atomic mass is 35.5. The molecule has 16 heavy (non-hydrogen) atoms. The lowest BCUT2D eigenvalue weighted by molar-refractivity contribution is -0.137. The summed E-state index contributed by atoms with van der Waals surface area (Å²) in [4.78, 5) is 10.7. The molecular formula is C12H15ClO3. The maximum atomic E-state index is 10.7. The van der Waals surface area contributed by atoms with E-state index in [-0.39, 0.29) is 23.1 Å². The van der Waals surface area contributed by atoms with Crippen LogP contribution in [0.5, 0.6) is 5.75 Å². The van der Waals surface area contributed by atoms with Crippen LogP contribution in [-0.2, 0) is 4.79 Å². The Morgan fingerprint density at radius 1 is 1.50 bits per heavy atom. The molecule has 4 heteroatoms.